The van der Waals surface area contributed by atoms with Gasteiger partial charge in [-0.15, -0.1) is 17.7 Å². The monoisotopic (exact) mass is 570 g/mol. The molecule has 0 N–H and O–H groups in total. The van der Waals surface area contributed by atoms with E-state index in [1.807, 2.05) is 0 Å². The first-order valence-corrected chi connectivity index (χ1v) is 12.5. The van der Waals surface area contributed by atoms with Crippen molar-refractivity contribution < 1.29 is 26.2 Å². The van der Waals surface area contributed by atoms with Crippen LogP contribution < -0.4 is 0 Å². The minimum Gasteiger partial charge on any atom is -0.684 e. The Bertz CT molecular complexity index is 736. The third kappa shape index (κ3) is 9.64. The molecule has 0 aliphatic heterocycles. The van der Waals surface area contributed by atoms with Crippen LogP contribution in [0.5, 0.6) is 0 Å². The molecule has 4 heteroatoms. The molecule has 2 aromatic rings. The van der Waals surface area contributed by atoms with Crippen molar-refractivity contribution in [3.63, 3.8) is 0 Å². The van der Waals surface area contributed by atoms with E-state index in [0.29, 0.717) is 23.7 Å². The van der Waals surface area contributed by atoms with Gasteiger partial charge in [-0.2, -0.15) is 0 Å². The number of nitrogens with zero attached hydrogens (tertiary/aromatic N) is 3. The third-order valence-electron chi connectivity index (χ3n) is 6.31. The Morgan fingerprint density at radius 1 is 0.556 bits per heavy atom. The van der Waals surface area contributed by atoms with E-state index in [1.54, 1.807) is 0 Å². The molecule has 206 valence electrons. The quantitative estimate of drug-likeness (QED) is 0.247. The number of rotatable bonds is 11. The molecule has 0 radical (unpaired) electrons. The van der Waals surface area contributed by atoms with Crippen LogP contribution >= 0.6 is 0 Å². The van der Waals surface area contributed by atoms with Crippen LogP contribution in [-0.2, 0) is 26.2 Å². The fourth-order valence-corrected chi connectivity index (χ4v) is 4.29. The molecule has 0 unspecified atom stereocenters. The van der Waals surface area contributed by atoms with E-state index in [0.717, 1.165) is 24.5 Å². The second kappa shape index (κ2) is 18.2. The molecule has 0 aromatic heterocycles. The summed E-state index contributed by atoms with van der Waals surface area (Å²) < 4.78 is 0. The molecule has 0 heterocycles. The first-order chi connectivity index (χ1) is 15.1. The van der Waals surface area contributed by atoms with Crippen molar-refractivity contribution in [1.82, 2.24) is 4.90 Å². The van der Waals surface area contributed by atoms with Gasteiger partial charge in [0.25, 0.3) is 0 Å². The van der Waals surface area contributed by atoms with E-state index >= 15 is 0 Å². The molecule has 0 amide bonds. The van der Waals surface area contributed by atoms with Gasteiger partial charge in [0.2, 0.25) is 0 Å². The topological polar surface area (TPSA) is 31.4 Å². The predicted octanol–water partition coefficient (Wildman–Crippen LogP) is 10.9. The minimum absolute atomic E-state index is 0. The number of hydrogen-bond acceptors (Lipinski definition) is 1. The molecule has 0 spiro atoms. The van der Waals surface area contributed by atoms with Gasteiger partial charge in [-0.05, 0) is 36.8 Å². The normalized spacial score (nSPS) is 10.8. The van der Waals surface area contributed by atoms with Gasteiger partial charge in [-0.25, -0.2) is 0 Å². The second-order valence-electron chi connectivity index (χ2n) is 10.0. The number of benzene rings is 2. The Morgan fingerprint density at radius 3 is 1.00 bits per heavy atom. The average molecular weight is 572 g/mol. The standard InChI is InChI=1S/C29H45N3.3CH3.Zr/c1-11-32(12-2)29(30-27-23(19(3)4)15-13-16-24(27)20(5)6)31-28-25(21(7)8)17-14-18-26(28)22(9)10;;;;/h13-22,29H,11-12H2,1-10H3;3*1H3;/q-2;3*-1;. The summed E-state index contributed by atoms with van der Waals surface area (Å²) in [5, 5.41) is 10.8. The molecule has 0 saturated carbocycles. The zero-order valence-electron chi connectivity index (χ0n) is 25.6. The molecular weight excluding hydrogens is 518 g/mol. The van der Waals surface area contributed by atoms with E-state index in [1.165, 1.54) is 22.3 Å². The SMILES string of the molecule is CCN(CC)C([N-]c1c(C(C)C)cccc1C(C)C)[N-]c1c(C(C)C)cccc1C(C)C.[CH3-].[CH3-].[CH3-].[Zr]. The molecule has 0 bridgehead atoms. The number of hydrogen-bond donors (Lipinski definition) is 0. The summed E-state index contributed by atoms with van der Waals surface area (Å²) in [6.07, 6.45) is -0.236. The van der Waals surface area contributed by atoms with E-state index < -0.39 is 0 Å². The van der Waals surface area contributed by atoms with E-state index in [2.05, 4.69) is 111 Å². The molecular formula is C32H54N3Zr-5. The maximum atomic E-state index is 5.40. The molecule has 0 saturated heterocycles. The van der Waals surface area contributed by atoms with Crippen LogP contribution in [0.1, 0.15) is 115 Å². The smallest absolute Gasteiger partial charge is 0 e. The van der Waals surface area contributed by atoms with Gasteiger partial charge in [0, 0.05) is 26.2 Å². The summed E-state index contributed by atoms with van der Waals surface area (Å²) in [7, 11) is 0. The van der Waals surface area contributed by atoms with Crippen molar-refractivity contribution in [1.29, 1.82) is 0 Å². The van der Waals surface area contributed by atoms with Crippen molar-refractivity contribution in [2.45, 2.75) is 99.2 Å². The molecule has 0 fully saturated rings. The summed E-state index contributed by atoms with van der Waals surface area (Å²) in [6.45, 7) is 24.3. The first kappa shape index (κ1) is 39.4. The first-order valence-electron chi connectivity index (χ1n) is 12.5. The fraction of sp³-hybridized carbons (Fsp3) is 0.531. The molecule has 36 heavy (non-hydrogen) atoms. The zero-order chi connectivity index (χ0) is 24.0. The van der Waals surface area contributed by atoms with Crippen LogP contribution in [-0.4, -0.2) is 24.3 Å². The molecule has 3 nitrogen and oxygen atoms in total. The largest absolute Gasteiger partial charge is 0.684 e. The van der Waals surface area contributed by atoms with Gasteiger partial charge < -0.3 is 37.8 Å². The summed E-state index contributed by atoms with van der Waals surface area (Å²) in [4.78, 5) is 2.36. The molecule has 2 aromatic carbocycles. The Morgan fingerprint density at radius 2 is 0.806 bits per heavy atom. The third-order valence-corrected chi connectivity index (χ3v) is 6.31. The maximum absolute atomic E-state index is 5.40. The summed E-state index contributed by atoms with van der Waals surface area (Å²) >= 11 is 0. The summed E-state index contributed by atoms with van der Waals surface area (Å²) in [5.41, 5.74) is 7.50. The maximum Gasteiger partial charge on any atom is 0 e. The molecule has 0 atom stereocenters. The minimum atomic E-state index is -0.236. The van der Waals surface area contributed by atoms with Gasteiger partial charge in [0.1, 0.15) is 0 Å². The zero-order valence-corrected chi connectivity index (χ0v) is 28.1. The summed E-state index contributed by atoms with van der Waals surface area (Å²) in [5.74, 6) is 1.66. The van der Waals surface area contributed by atoms with Crippen LogP contribution in [0, 0.1) is 22.3 Å². The van der Waals surface area contributed by atoms with E-state index in [-0.39, 0.29) is 54.8 Å². The van der Waals surface area contributed by atoms with Gasteiger partial charge >= 0.3 is 0 Å². The van der Waals surface area contributed by atoms with Crippen LogP contribution in [0.15, 0.2) is 36.4 Å². The van der Waals surface area contributed by atoms with Gasteiger partial charge in [-0.1, -0.05) is 128 Å². The van der Waals surface area contributed by atoms with Crippen LogP contribution in [0.4, 0.5) is 11.4 Å². The molecule has 2 rings (SSSR count). The van der Waals surface area contributed by atoms with Crippen molar-refractivity contribution in [2.24, 2.45) is 0 Å². The Balaban J connectivity index is -0.00000272. The van der Waals surface area contributed by atoms with Gasteiger partial charge in [0.15, 0.2) is 0 Å². The van der Waals surface area contributed by atoms with E-state index in [4.69, 9.17) is 10.6 Å². The van der Waals surface area contributed by atoms with Crippen LogP contribution in [0.2, 0.25) is 0 Å². The van der Waals surface area contributed by atoms with Crippen LogP contribution in [0.3, 0.4) is 0 Å². The van der Waals surface area contributed by atoms with Gasteiger partial charge in [-0.3, -0.25) is 0 Å². The van der Waals surface area contributed by atoms with Crippen molar-refractivity contribution >= 4 is 11.4 Å². The second-order valence-corrected chi connectivity index (χ2v) is 10.0. The Hall–Kier alpha value is -1.12. The van der Waals surface area contributed by atoms with Crippen molar-refractivity contribution in [2.75, 3.05) is 13.1 Å². The Kier molecular flexibility index (Phi) is 19.9. The van der Waals surface area contributed by atoms with Crippen molar-refractivity contribution in [3.8, 4) is 0 Å². The van der Waals surface area contributed by atoms with Gasteiger partial charge in [0.05, 0.1) is 0 Å². The Labute approximate surface area is 245 Å². The summed E-state index contributed by atoms with van der Waals surface area (Å²) in [6, 6.07) is 13.3. The van der Waals surface area contributed by atoms with Crippen molar-refractivity contribution in [3.05, 3.63) is 91.6 Å². The van der Waals surface area contributed by atoms with Crippen LogP contribution in [0.25, 0.3) is 10.6 Å². The number of para-hydroxylation sites is 2. The molecule has 0 aliphatic carbocycles. The predicted molar refractivity (Wildman–Crippen MR) is 161 cm³/mol. The average Bonchev–Trinajstić information content (AvgIpc) is 2.74. The molecule has 0 aliphatic rings. The fourth-order valence-electron chi connectivity index (χ4n) is 4.29. The van der Waals surface area contributed by atoms with E-state index in [9.17, 15) is 0 Å².